The molecule has 0 aliphatic carbocycles. The van der Waals surface area contributed by atoms with E-state index in [0.29, 0.717) is 0 Å². The highest BCUT2D eigenvalue weighted by atomic mass is 14.2. The molecule has 0 fully saturated rings. The second-order valence-corrected chi connectivity index (χ2v) is 4.44. The molecule has 0 saturated heterocycles. The fourth-order valence-corrected chi connectivity index (χ4v) is 1.99. The van der Waals surface area contributed by atoms with Gasteiger partial charge in [0.2, 0.25) is 0 Å². The van der Waals surface area contributed by atoms with E-state index in [1.807, 2.05) is 13.0 Å². The van der Waals surface area contributed by atoms with Crippen LogP contribution in [-0.4, -0.2) is 0 Å². The van der Waals surface area contributed by atoms with Crippen LogP contribution in [0.25, 0.3) is 0 Å². The van der Waals surface area contributed by atoms with Crippen molar-refractivity contribution in [3.05, 3.63) is 70.3 Å². The van der Waals surface area contributed by atoms with Gasteiger partial charge < -0.3 is 0 Å². The van der Waals surface area contributed by atoms with Gasteiger partial charge in [0.15, 0.2) is 0 Å². The van der Waals surface area contributed by atoms with E-state index >= 15 is 0 Å². The third kappa shape index (κ3) is 2.73. The average Bonchev–Trinajstić information content (AvgIpc) is 2.31. The number of aryl methyl sites for hydroxylation is 2. The molecule has 0 aromatic heterocycles. The summed E-state index contributed by atoms with van der Waals surface area (Å²) in [6.45, 7) is 4.10. The summed E-state index contributed by atoms with van der Waals surface area (Å²) in [5, 5.41) is 9.13. The minimum absolute atomic E-state index is 0.784. The summed E-state index contributed by atoms with van der Waals surface area (Å²) < 4.78 is 0. The Balaban J connectivity index is 2.34. The summed E-state index contributed by atoms with van der Waals surface area (Å²) in [4.78, 5) is 0. The second-order valence-electron chi connectivity index (χ2n) is 4.44. The van der Waals surface area contributed by atoms with Gasteiger partial charge in [-0.25, -0.2) is 0 Å². The van der Waals surface area contributed by atoms with Crippen LogP contribution in [-0.2, 0) is 6.42 Å². The van der Waals surface area contributed by atoms with E-state index in [2.05, 4.69) is 49.4 Å². The first kappa shape index (κ1) is 11.4. The normalized spacial score (nSPS) is 9.94. The molecule has 84 valence electrons. The van der Waals surface area contributed by atoms with Crippen LogP contribution in [0.5, 0.6) is 0 Å². The average molecular weight is 221 g/mol. The van der Waals surface area contributed by atoms with Crippen LogP contribution in [0.1, 0.15) is 27.8 Å². The monoisotopic (exact) mass is 221 g/mol. The Hall–Kier alpha value is -2.07. The lowest BCUT2D eigenvalue weighted by atomic mass is 9.98. The standard InChI is InChI=1S/C16H15N/c1-12-4-3-5-14(8-12)10-15-7-6-13(2)9-16(15)11-17/h3-9H,10H2,1-2H3. The minimum atomic E-state index is 0.784. The van der Waals surface area contributed by atoms with Crippen molar-refractivity contribution in [1.82, 2.24) is 0 Å². The van der Waals surface area contributed by atoms with Gasteiger partial charge in [-0.3, -0.25) is 0 Å². The molecule has 0 amide bonds. The molecular formula is C16H15N. The molecule has 17 heavy (non-hydrogen) atoms. The SMILES string of the molecule is Cc1cccc(Cc2ccc(C)cc2C#N)c1. The van der Waals surface area contributed by atoms with Crippen LogP contribution in [0.4, 0.5) is 0 Å². The van der Waals surface area contributed by atoms with E-state index in [0.717, 1.165) is 23.1 Å². The van der Waals surface area contributed by atoms with Crippen LogP contribution in [0, 0.1) is 25.2 Å². The van der Waals surface area contributed by atoms with Gasteiger partial charge in [0.1, 0.15) is 0 Å². The molecular weight excluding hydrogens is 206 g/mol. The fraction of sp³-hybridized carbons (Fsp3) is 0.188. The van der Waals surface area contributed by atoms with Crippen LogP contribution in [0.15, 0.2) is 42.5 Å². The van der Waals surface area contributed by atoms with Crippen LogP contribution >= 0.6 is 0 Å². The first-order valence-electron chi connectivity index (χ1n) is 5.74. The Morgan fingerprint density at radius 2 is 1.76 bits per heavy atom. The molecule has 0 bridgehead atoms. The van der Waals surface area contributed by atoms with Gasteiger partial charge in [0, 0.05) is 0 Å². The predicted octanol–water partition coefficient (Wildman–Crippen LogP) is 3.77. The van der Waals surface area contributed by atoms with Crippen molar-refractivity contribution >= 4 is 0 Å². The topological polar surface area (TPSA) is 23.8 Å². The molecule has 0 atom stereocenters. The summed E-state index contributed by atoms with van der Waals surface area (Å²) >= 11 is 0. The second kappa shape index (κ2) is 4.84. The van der Waals surface area contributed by atoms with Crippen molar-refractivity contribution in [2.75, 3.05) is 0 Å². The Labute approximate surface area is 102 Å². The van der Waals surface area contributed by atoms with Crippen LogP contribution in [0.2, 0.25) is 0 Å². The minimum Gasteiger partial charge on any atom is -0.192 e. The highest BCUT2D eigenvalue weighted by Gasteiger charge is 2.03. The maximum absolute atomic E-state index is 9.13. The molecule has 2 rings (SSSR count). The first-order chi connectivity index (χ1) is 8.19. The Morgan fingerprint density at radius 3 is 2.47 bits per heavy atom. The molecule has 0 radical (unpaired) electrons. The van der Waals surface area contributed by atoms with Crippen molar-refractivity contribution in [2.45, 2.75) is 20.3 Å². The molecule has 0 N–H and O–H groups in total. The van der Waals surface area contributed by atoms with E-state index in [1.54, 1.807) is 0 Å². The first-order valence-corrected chi connectivity index (χ1v) is 5.74. The third-order valence-corrected chi connectivity index (χ3v) is 2.86. The molecule has 0 saturated carbocycles. The zero-order valence-corrected chi connectivity index (χ0v) is 10.2. The lowest BCUT2D eigenvalue weighted by Gasteiger charge is -2.06. The van der Waals surface area contributed by atoms with E-state index in [-0.39, 0.29) is 0 Å². The fourth-order valence-electron chi connectivity index (χ4n) is 1.99. The summed E-state index contributed by atoms with van der Waals surface area (Å²) in [7, 11) is 0. The Bertz CT molecular complexity index is 576. The highest BCUT2D eigenvalue weighted by molar-refractivity contribution is 5.43. The van der Waals surface area contributed by atoms with Crippen molar-refractivity contribution in [2.24, 2.45) is 0 Å². The van der Waals surface area contributed by atoms with Crippen molar-refractivity contribution in [1.29, 1.82) is 5.26 Å². The van der Waals surface area contributed by atoms with E-state index in [1.165, 1.54) is 11.1 Å². The van der Waals surface area contributed by atoms with Gasteiger partial charge in [0.25, 0.3) is 0 Å². The number of hydrogen-bond acceptors (Lipinski definition) is 1. The van der Waals surface area contributed by atoms with Crippen LogP contribution in [0.3, 0.4) is 0 Å². The van der Waals surface area contributed by atoms with Gasteiger partial charge in [-0.1, -0.05) is 42.0 Å². The summed E-state index contributed by atoms with van der Waals surface area (Å²) in [5.74, 6) is 0. The van der Waals surface area contributed by atoms with Gasteiger partial charge in [-0.2, -0.15) is 5.26 Å². The van der Waals surface area contributed by atoms with Crippen molar-refractivity contribution < 1.29 is 0 Å². The van der Waals surface area contributed by atoms with Crippen molar-refractivity contribution in [3.8, 4) is 6.07 Å². The lowest BCUT2D eigenvalue weighted by Crippen LogP contribution is -1.93. The maximum atomic E-state index is 9.13. The van der Waals surface area contributed by atoms with Gasteiger partial charge in [-0.15, -0.1) is 0 Å². The third-order valence-electron chi connectivity index (χ3n) is 2.86. The number of benzene rings is 2. The molecule has 0 spiro atoms. The Kier molecular flexibility index (Phi) is 3.25. The number of rotatable bonds is 2. The molecule has 0 heterocycles. The molecule has 2 aromatic rings. The number of hydrogen-bond donors (Lipinski definition) is 0. The molecule has 0 aliphatic heterocycles. The lowest BCUT2D eigenvalue weighted by molar-refractivity contribution is 1.16. The quantitative estimate of drug-likeness (QED) is 0.757. The highest BCUT2D eigenvalue weighted by Crippen LogP contribution is 2.16. The molecule has 0 aliphatic rings. The maximum Gasteiger partial charge on any atom is 0.0994 e. The van der Waals surface area contributed by atoms with Crippen LogP contribution < -0.4 is 0 Å². The smallest absolute Gasteiger partial charge is 0.0994 e. The van der Waals surface area contributed by atoms with Gasteiger partial charge in [-0.05, 0) is 43.0 Å². The number of nitriles is 1. The predicted molar refractivity (Wildman–Crippen MR) is 69.9 cm³/mol. The van der Waals surface area contributed by atoms with E-state index < -0.39 is 0 Å². The molecule has 0 unspecified atom stereocenters. The van der Waals surface area contributed by atoms with E-state index in [9.17, 15) is 0 Å². The van der Waals surface area contributed by atoms with Gasteiger partial charge in [0.05, 0.1) is 11.6 Å². The largest absolute Gasteiger partial charge is 0.192 e. The van der Waals surface area contributed by atoms with E-state index in [4.69, 9.17) is 5.26 Å². The summed E-state index contributed by atoms with van der Waals surface area (Å²) in [6, 6.07) is 16.8. The summed E-state index contributed by atoms with van der Waals surface area (Å²) in [6.07, 6.45) is 0.824. The number of nitrogens with zero attached hydrogens (tertiary/aromatic N) is 1. The zero-order chi connectivity index (χ0) is 12.3. The van der Waals surface area contributed by atoms with Gasteiger partial charge >= 0.3 is 0 Å². The Morgan fingerprint density at radius 1 is 1.00 bits per heavy atom. The van der Waals surface area contributed by atoms with Crippen molar-refractivity contribution in [3.63, 3.8) is 0 Å². The molecule has 1 heteroatoms. The summed E-state index contributed by atoms with van der Waals surface area (Å²) in [5.41, 5.74) is 5.53. The molecule has 1 nitrogen and oxygen atoms in total. The molecule has 2 aromatic carbocycles. The zero-order valence-electron chi connectivity index (χ0n) is 10.2.